The lowest BCUT2D eigenvalue weighted by molar-refractivity contribution is -0.142. The summed E-state index contributed by atoms with van der Waals surface area (Å²) in [5.74, 6) is 0.758. The van der Waals surface area contributed by atoms with E-state index >= 15 is 0 Å². The maximum Gasteiger partial charge on any atom is 0.237 e. The molecule has 2 heterocycles. The maximum absolute atomic E-state index is 12.6. The Morgan fingerprint density at radius 1 is 1.27 bits per heavy atom. The maximum atomic E-state index is 12.6. The minimum absolute atomic E-state index is 0.0136. The number of piperidine rings is 1. The summed E-state index contributed by atoms with van der Waals surface area (Å²) in [7, 11) is 0. The molecular formula is C17H31N3O2. The molecule has 2 amide bonds. The van der Waals surface area contributed by atoms with Crippen molar-refractivity contribution in [1.29, 1.82) is 0 Å². The molecule has 2 aliphatic rings. The summed E-state index contributed by atoms with van der Waals surface area (Å²) < 4.78 is 0. The summed E-state index contributed by atoms with van der Waals surface area (Å²) in [5.41, 5.74) is -0.279. The summed E-state index contributed by atoms with van der Waals surface area (Å²) in [6, 6.07) is -0.0136. The van der Waals surface area contributed by atoms with Gasteiger partial charge in [0, 0.05) is 25.0 Å². The number of carbonyl (C=O) groups excluding carboxylic acids is 2. The van der Waals surface area contributed by atoms with Crippen molar-refractivity contribution in [3.8, 4) is 0 Å². The molecule has 5 nitrogen and oxygen atoms in total. The number of likely N-dealkylation sites (tertiary alicyclic amines) is 1. The Kier molecular flexibility index (Phi) is 5.84. The highest BCUT2D eigenvalue weighted by atomic mass is 16.2. The van der Waals surface area contributed by atoms with Crippen molar-refractivity contribution in [3.05, 3.63) is 0 Å². The highest BCUT2D eigenvalue weighted by molar-refractivity contribution is 5.82. The molecule has 2 N–H and O–H groups in total. The largest absolute Gasteiger partial charge is 0.354 e. The molecular weight excluding hydrogens is 278 g/mol. The first-order valence-electron chi connectivity index (χ1n) is 8.74. The van der Waals surface area contributed by atoms with Crippen LogP contribution in [0.3, 0.4) is 0 Å². The third kappa shape index (κ3) is 4.22. The SMILES string of the molecule is CCC(C)(C)C(=O)N1CCCC(CNC(=O)C2CCCN2)C1. The summed E-state index contributed by atoms with van der Waals surface area (Å²) in [5, 5.41) is 6.29. The van der Waals surface area contributed by atoms with Crippen LogP contribution >= 0.6 is 0 Å². The Morgan fingerprint density at radius 2 is 2.05 bits per heavy atom. The average Bonchev–Trinajstić information content (AvgIpc) is 3.06. The number of hydrogen-bond donors (Lipinski definition) is 2. The molecule has 0 aromatic rings. The molecule has 0 bridgehead atoms. The smallest absolute Gasteiger partial charge is 0.237 e. The van der Waals surface area contributed by atoms with E-state index in [1.807, 2.05) is 18.7 Å². The van der Waals surface area contributed by atoms with Gasteiger partial charge in [0.2, 0.25) is 11.8 Å². The molecule has 2 unspecified atom stereocenters. The molecule has 2 fully saturated rings. The molecule has 2 saturated heterocycles. The molecule has 0 aromatic heterocycles. The van der Waals surface area contributed by atoms with Gasteiger partial charge in [0.15, 0.2) is 0 Å². The van der Waals surface area contributed by atoms with E-state index < -0.39 is 0 Å². The van der Waals surface area contributed by atoms with Crippen molar-refractivity contribution in [3.63, 3.8) is 0 Å². The van der Waals surface area contributed by atoms with E-state index in [0.29, 0.717) is 12.5 Å². The van der Waals surface area contributed by atoms with Gasteiger partial charge in [0.25, 0.3) is 0 Å². The first kappa shape index (κ1) is 17.3. The quantitative estimate of drug-likeness (QED) is 0.809. The molecule has 0 saturated carbocycles. The summed E-state index contributed by atoms with van der Waals surface area (Å²) in [6.07, 6.45) is 5.00. The van der Waals surface area contributed by atoms with Gasteiger partial charge in [0.1, 0.15) is 0 Å². The normalized spacial score (nSPS) is 26.0. The number of nitrogens with one attached hydrogen (secondary N) is 2. The van der Waals surface area contributed by atoms with Gasteiger partial charge in [-0.3, -0.25) is 9.59 Å². The summed E-state index contributed by atoms with van der Waals surface area (Å²) in [4.78, 5) is 26.6. The minimum Gasteiger partial charge on any atom is -0.354 e. The number of nitrogens with zero attached hydrogens (tertiary/aromatic N) is 1. The lowest BCUT2D eigenvalue weighted by atomic mass is 9.87. The van der Waals surface area contributed by atoms with Gasteiger partial charge < -0.3 is 15.5 Å². The third-order valence-corrected chi connectivity index (χ3v) is 5.21. The fourth-order valence-electron chi connectivity index (χ4n) is 3.27. The van der Waals surface area contributed by atoms with Crippen LogP contribution in [0, 0.1) is 11.3 Å². The standard InChI is InChI=1S/C17H31N3O2/c1-4-17(2,3)16(22)20-10-6-7-13(12-20)11-19-15(21)14-8-5-9-18-14/h13-14,18H,4-12H2,1-3H3,(H,19,21). The van der Waals surface area contributed by atoms with Gasteiger partial charge in [-0.1, -0.05) is 20.8 Å². The van der Waals surface area contributed by atoms with Gasteiger partial charge >= 0.3 is 0 Å². The highest BCUT2D eigenvalue weighted by Gasteiger charge is 2.33. The Bertz CT molecular complexity index is 403. The van der Waals surface area contributed by atoms with Crippen molar-refractivity contribution < 1.29 is 9.59 Å². The Morgan fingerprint density at radius 3 is 2.68 bits per heavy atom. The zero-order valence-corrected chi connectivity index (χ0v) is 14.3. The number of carbonyl (C=O) groups is 2. The molecule has 2 atom stereocenters. The van der Waals surface area contributed by atoms with Gasteiger partial charge in [-0.2, -0.15) is 0 Å². The first-order valence-corrected chi connectivity index (χ1v) is 8.74. The monoisotopic (exact) mass is 309 g/mol. The molecule has 0 spiro atoms. The lowest BCUT2D eigenvalue weighted by Crippen LogP contribution is -2.49. The molecule has 2 aliphatic heterocycles. The Balaban J connectivity index is 1.80. The minimum atomic E-state index is -0.279. The van der Waals surface area contributed by atoms with E-state index in [1.165, 1.54) is 0 Å². The van der Waals surface area contributed by atoms with Gasteiger partial charge in [0.05, 0.1) is 6.04 Å². The van der Waals surface area contributed by atoms with E-state index in [1.54, 1.807) is 0 Å². The predicted octanol–water partition coefficient (Wildman–Crippen LogP) is 1.53. The number of amides is 2. The molecule has 0 aromatic carbocycles. The van der Waals surface area contributed by atoms with Gasteiger partial charge in [-0.25, -0.2) is 0 Å². The van der Waals surface area contributed by atoms with Crippen molar-refractivity contribution >= 4 is 11.8 Å². The second-order valence-electron chi connectivity index (χ2n) is 7.39. The molecule has 2 rings (SSSR count). The molecule has 126 valence electrons. The van der Waals surface area contributed by atoms with E-state index in [4.69, 9.17) is 0 Å². The number of hydrogen-bond acceptors (Lipinski definition) is 3. The van der Waals surface area contributed by atoms with Crippen LogP contribution in [0.2, 0.25) is 0 Å². The van der Waals surface area contributed by atoms with Crippen LogP contribution in [0.1, 0.15) is 52.9 Å². The summed E-state index contributed by atoms with van der Waals surface area (Å²) >= 11 is 0. The van der Waals surface area contributed by atoms with Crippen molar-refractivity contribution in [2.24, 2.45) is 11.3 Å². The topological polar surface area (TPSA) is 61.4 Å². The second-order valence-corrected chi connectivity index (χ2v) is 7.39. The lowest BCUT2D eigenvalue weighted by Gasteiger charge is -2.37. The van der Waals surface area contributed by atoms with Gasteiger partial charge in [-0.05, 0) is 44.6 Å². The van der Waals surface area contributed by atoms with Crippen LogP contribution in [-0.4, -0.2) is 48.9 Å². The molecule has 22 heavy (non-hydrogen) atoms. The van der Waals surface area contributed by atoms with E-state index in [-0.39, 0.29) is 23.3 Å². The van der Waals surface area contributed by atoms with Crippen LogP contribution in [-0.2, 0) is 9.59 Å². The highest BCUT2D eigenvalue weighted by Crippen LogP contribution is 2.26. The van der Waals surface area contributed by atoms with Crippen molar-refractivity contribution in [2.75, 3.05) is 26.2 Å². The van der Waals surface area contributed by atoms with Crippen molar-refractivity contribution in [1.82, 2.24) is 15.5 Å². The second kappa shape index (κ2) is 7.44. The van der Waals surface area contributed by atoms with Crippen molar-refractivity contribution in [2.45, 2.75) is 58.9 Å². The Labute approximate surface area is 134 Å². The summed E-state index contributed by atoms with van der Waals surface area (Å²) in [6.45, 7) is 9.37. The predicted molar refractivity (Wildman–Crippen MR) is 87.4 cm³/mol. The van der Waals surface area contributed by atoms with Gasteiger partial charge in [-0.15, -0.1) is 0 Å². The molecule has 0 radical (unpaired) electrons. The fourth-order valence-corrected chi connectivity index (χ4v) is 3.27. The van der Waals surface area contributed by atoms with Crippen LogP contribution < -0.4 is 10.6 Å². The van der Waals surface area contributed by atoms with Crippen LogP contribution in [0.5, 0.6) is 0 Å². The average molecular weight is 309 g/mol. The third-order valence-electron chi connectivity index (χ3n) is 5.21. The van der Waals surface area contributed by atoms with Crippen LogP contribution in [0.4, 0.5) is 0 Å². The number of rotatable bonds is 5. The zero-order valence-electron chi connectivity index (χ0n) is 14.3. The molecule has 5 heteroatoms. The van der Waals surface area contributed by atoms with E-state index in [0.717, 1.165) is 51.7 Å². The van der Waals surface area contributed by atoms with E-state index in [2.05, 4.69) is 17.6 Å². The van der Waals surface area contributed by atoms with Crippen LogP contribution in [0.25, 0.3) is 0 Å². The van der Waals surface area contributed by atoms with Crippen LogP contribution in [0.15, 0.2) is 0 Å². The fraction of sp³-hybridized carbons (Fsp3) is 0.882. The molecule has 0 aliphatic carbocycles. The van der Waals surface area contributed by atoms with E-state index in [9.17, 15) is 9.59 Å². The Hall–Kier alpha value is -1.10. The first-order chi connectivity index (χ1) is 10.4. The zero-order chi connectivity index (χ0) is 16.2.